The summed E-state index contributed by atoms with van der Waals surface area (Å²) in [4.78, 5) is 0. The minimum absolute atomic E-state index is 0.296. The van der Waals surface area contributed by atoms with Crippen molar-refractivity contribution in [3.8, 4) is 11.5 Å². The maximum atomic E-state index is 5.81. The Morgan fingerprint density at radius 2 is 1.86 bits per heavy atom. The summed E-state index contributed by atoms with van der Waals surface area (Å²) in [5.74, 6) is 2.29. The first kappa shape index (κ1) is 17.8. The molecule has 0 aliphatic heterocycles. The SMILES string of the molecule is COc1cc(CNCC(C)(C)C)ccc1OCCC(C)C. The molecular weight excluding hydrogens is 262 g/mol. The number of hydrogen-bond donors (Lipinski definition) is 1. The van der Waals surface area contributed by atoms with E-state index in [4.69, 9.17) is 9.47 Å². The molecule has 1 aromatic rings. The van der Waals surface area contributed by atoms with Crippen LogP contribution in [0.1, 0.15) is 46.6 Å². The smallest absolute Gasteiger partial charge is 0.161 e. The standard InChI is InChI=1S/C18H31NO2/c1-14(2)9-10-21-16-8-7-15(11-17(16)20-6)12-19-13-18(3,4)5/h7-8,11,14,19H,9-10,12-13H2,1-6H3. The van der Waals surface area contributed by atoms with Crippen LogP contribution in [-0.4, -0.2) is 20.3 Å². The van der Waals surface area contributed by atoms with Crippen LogP contribution in [0.2, 0.25) is 0 Å². The van der Waals surface area contributed by atoms with Crippen molar-refractivity contribution in [2.75, 3.05) is 20.3 Å². The Balaban J connectivity index is 2.57. The molecule has 1 rings (SSSR count). The minimum Gasteiger partial charge on any atom is -0.493 e. The topological polar surface area (TPSA) is 30.5 Å². The molecule has 0 aromatic heterocycles. The van der Waals surface area contributed by atoms with Gasteiger partial charge in [0.05, 0.1) is 13.7 Å². The van der Waals surface area contributed by atoms with E-state index in [0.717, 1.165) is 37.6 Å². The van der Waals surface area contributed by atoms with Crippen molar-refractivity contribution in [2.45, 2.75) is 47.6 Å². The summed E-state index contributed by atoms with van der Waals surface area (Å²) in [5, 5.41) is 3.47. The fourth-order valence-corrected chi connectivity index (χ4v) is 1.93. The molecule has 3 heteroatoms. The van der Waals surface area contributed by atoms with Crippen molar-refractivity contribution in [3.63, 3.8) is 0 Å². The molecule has 1 N–H and O–H groups in total. The van der Waals surface area contributed by atoms with Crippen LogP contribution in [0.25, 0.3) is 0 Å². The average molecular weight is 293 g/mol. The van der Waals surface area contributed by atoms with E-state index in [-0.39, 0.29) is 0 Å². The number of nitrogens with one attached hydrogen (secondary N) is 1. The molecule has 0 amide bonds. The molecule has 0 aliphatic rings. The molecular formula is C18H31NO2. The Bertz CT molecular complexity index is 422. The second kappa shape index (κ2) is 8.28. The second-order valence-corrected chi connectivity index (χ2v) is 7.18. The normalized spacial score (nSPS) is 11.8. The molecule has 0 unspecified atom stereocenters. The van der Waals surface area contributed by atoms with E-state index in [0.29, 0.717) is 11.3 Å². The molecule has 0 radical (unpaired) electrons. The molecule has 0 saturated carbocycles. The van der Waals surface area contributed by atoms with E-state index < -0.39 is 0 Å². The lowest BCUT2D eigenvalue weighted by Crippen LogP contribution is -2.26. The van der Waals surface area contributed by atoms with Gasteiger partial charge in [0, 0.05) is 13.1 Å². The van der Waals surface area contributed by atoms with E-state index in [9.17, 15) is 0 Å². The third-order valence-corrected chi connectivity index (χ3v) is 3.17. The Kier molecular flexibility index (Phi) is 7.03. The molecule has 0 saturated heterocycles. The molecule has 120 valence electrons. The third kappa shape index (κ3) is 7.37. The van der Waals surface area contributed by atoms with Crippen molar-refractivity contribution in [3.05, 3.63) is 23.8 Å². The van der Waals surface area contributed by atoms with Gasteiger partial charge in [-0.25, -0.2) is 0 Å². The molecule has 21 heavy (non-hydrogen) atoms. The highest BCUT2D eigenvalue weighted by atomic mass is 16.5. The molecule has 0 heterocycles. The van der Waals surface area contributed by atoms with Gasteiger partial charge in [0.2, 0.25) is 0 Å². The van der Waals surface area contributed by atoms with Gasteiger partial charge in [-0.15, -0.1) is 0 Å². The zero-order valence-corrected chi connectivity index (χ0v) is 14.5. The van der Waals surface area contributed by atoms with Gasteiger partial charge in [-0.05, 0) is 35.4 Å². The van der Waals surface area contributed by atoms with Gasteiger partial charge in [0.15, 0.2) is 11.5 Å². The number of ether oxygens (including phenoxy) is 2. The van der Waals surface area contributed by atoms with E-state index in [1.54, 1.807) is 7.11 Å². The summed E-state index contributed by atoms with van der Waals surface area (Å²) in [6.45, 7) is 13.7. The van der Waals surface area contributed by atoms with E-state index in [1.165, 1.54) is 5.56 Å². The fraction of sp³-hybridized carbons (Fsp3) is 0.667. The second-order valence-electron chi connectivity index (χ2n) is 7.18. The van der Waals surface area contributed by atoms with Crippen LogP contribution in [0.4, 0.5) is 0 Å². The first-order valence-electron chi connectivity index (χ1n) is 7.82. The highest BCUT2D eigenvalue weighted by Gasteiger charge is 2.10. The van der Waals surface area contributed by atoms with Gasteiger partial charge in [-0.1, -0.05) is 40.7 Å². The summed E-state index contributed by atoms with van der Waals surface area (Å²) in [6, 6.07) is 6.16. The van der Waals surface area contributed by atoms with Gasteiger partial charge in [0.1, 0.15) is 0 Å². The Morgan fingerprint density at radius 3 is 2.43 bits per heavy atom. The van der Waals surface area contributed by atoms with Crippen molar-refractivity contribution in [1.82, 2.24) is 5.32 Å². The highest BCUT2D eigenvalue weighted by Crippen LogP contribution is 2.28. The maximum absolute atomic E-state index is 5.81. The summed E-state index contributed by atoms with van der Waals surface area (Å²) >= 11 is 0. The monoisotopic (exact) mass is 293 g/mol. The molecule has 0 aliphatic carbocycles. The highest BCUT2D eigenvalue weighted by molar-refractivity contribution is 5.42. The van der Waals surface area contributed by atoms with Crippen LogP contribution >= 0.6 is 0 Å². The zero-order valence-electron chi connectivity index (χ0n) is 14.5. The average Bonchev–Trinajstić information content (AvgIpc) is 2.38. The maximum Gasteiger partial charge on any atom is 0.161 e. The van der Waals surface area contributed by atoms with E-state index >= 15 is 0 Å². The van der Waals surface area contributed by atoms with E-state index in [2.05, 4.69) is 52.1 Å². The molecule has 0 atom stereocenters. The fourth-order valence-electron chi connectivity index (χ4n) is 1.93. The van der Waals surface area contributed by atoms with E-state index in [1.807, 2.05) is 6.07 Å². The Labute approximate surface area is 130 Å². The van der Waals surface area contributed by atoms with Gasteiger partial charge in [-0.3, -0.25) is 0 Å². The Hall–Kier alpha value is -1.22. The van der Waals surface area contributed by atoms with Crippen LogP contribution in [0.15, 0.2) is 18.2 Å². The Morgan fingerprint density at radius 1 is 1.14 bits per heavy atom. The summed E-state index contributed by atoms with van der Waals surface area (Å²) in [5.41, 5.74) is 1.51. The van der Waals surface area contributed by atoms with Crippen molar-refractivity contribution < 1.29 is 9.47 Å². The zero-order chi connectivity index (χ0) is 15.9. The van der Waals surface area contributed by atoms with Gasteiger partial charge < -0.3 is 14.8 Å². The molecule has 1 aromatic carbocycles. The van der Waals surface area contributed by atoms with Gasteiger partial charge in [-0.2, -0.15) is 0 Å². The lowest BCUT2D eigenvalue weighted by atomic mass is 9.97. The summed E-state index contributed by atoms with van der Waals surface area (Å²) in [6.07, 6.45) is 1.05. The van der Waals surface area contributed by atoms with Crippen molar-refractivity contribution >= 4 is 0 Å². The largest absolute Gasteiger partial charge is 0.493 e. The quantitative estimate of drug-likeness (QED) is 0.777. The van der Waals surface area contributed by atoms with Gasteiger partial charge >= 0.3 is 0 Å². The van der Waals surface area contributed by atoms with Crippen molar-refractivity contribution in [2.24, 2.45) is 11.3 Å². The van der Waals surface area contributed by atoms with Crippen LogP contribution in [-0.2, 0) is 6.54 Å². The molecule has 3 nitrogen and oxygen atoms in total. The van der Waals surface area contributed by atoms with Crippen LogP contribution in [0.5, 0.6) is 11.5 Å². The first-order valence-corrected chi connectivity index (χ1v) is 7.82. The minimum atomic E-state index is 0.296. The summed E-state index contributed by atoms with van der Waals surface area (Å²) in [7, 11) is 1.69. The van der Waals surface area contributed by atoms with Crippen LogP contribution in [0.3, 0.4) is 0 Å². The third-order valence-electron chi connectivity index (χ3n) is 3.17. The predicted octanol–water partition coefficient (Wildman–Crippen LogP) is 4.26. The lowest BCUT2D eigenvalue weighted by molar-refractivity contribution is 0.272. The summed E-state index contributed by atoms with van der Waals surface area (Å²) < 4.78 is 11.2. The van der Waals surface area contributed by atoms with Crippen LogP contribution < -0.4 is 14.8 Å². The molecule has 0 bridgehead atoms. The number of methoxy groups -OCH3 is 1. The van der Waals surface area contributed by atoms with Gasteiger partial charge in [0.25, 0.3) is 0 Å². The number of rotatable bonds is 8. The molecule has 0 spiro atoms. The van der Waals surface area contributed by atoms with Crippen molar-refractivity contribution in [1.29, 1.82) is 0 Å². The molecule has 0 fully saturated rings. The number of hydrogen-bond acceptors (Lipinski definition) is 3. The first-order chi connectivity index (χ1) is 9.81. The predicted molar refractivity (Wildman–Crippen MR) is 89.1 cm³/mol. The number of benzene rings is 1. The van der Waals surface area contributed by atoms with Crippen LogP contribution in [0, 0.1) is 11.3 Å². The lowest BCUT2D eigenvalue weighted by Gasteiger charge is -2.19.